The molecule has 0 radical (unpaired) electrons. The largest absolute Gasteiger partial charge is 0.416 e. The maximum Gasteiger partial charge on any atom is 0.416 e. The van der Waals surface area contributed by atoms with E-state index in [0.29, 0.717) is 23.9 Å². The molecule has 15 heteroatoms. The van der Waals surface area contributed by atoms with Gasteiger partial charge in [0.1, 0.15) is 35.5 Å². The van der Waals surface area contributed by atoms with E-state index in [0.717, 1.165) is 16.9 Å². The summed E-state index contributed by atoms with van der Waals surface area (Å²) in [6, 6.07) is 4.54. The SMILES string of the molecule is CC(C)(O)C(S[C@@H]1O[C@H](CO)[C@H](O)[C@H](n2cc(-c3cc(F)c(F)c(F)c3)nn2)[C@H]1O)c1ccccc1C(F)(F)F. The number of ether oxygens (including phenoxy) is 1. The molecule has 1 unspecified atom stereocenters. The molecule has 4 rings (SSSR count). The van der Waals surface area contributed by atoms with Crippen LogP contribution in [0.25, 0.3) is 11.3 Å². The molecule has 1 aliphatic heterocycles. The van der Waals surface area contributed by atoms with Crippen LogP contribution in [0.4, 0.5) is 26.3 Å². The number of halogens is 6. The summed E-state index contributed by atoms with van der Waals surface area (Å²) in [5.74, 6) is -4.65. The Morgan fingerprint density at radius 1 is 1.05 bits per heavy atom. The van der Waals surface area contributed by atoms with Crippen LogP contribution in [0.2, 0.25) is 0 Å². The van der Waals surface area contributed by atoms with Gasteiger partial charge >= 0.3 is 6.18 Å². The van der Waals surface area contributed by atoms with Gasteiger partial charge in [0.2, 0.25) is 0 Å². The van der Waals surface area contributed by atoms with Crippen LogP contribution < -0.4 is 0 Å². The third-order valence-corrected chi connectivity index (χ3v) is 8.17. The van der Waals surface area contributed by atoms with E-state index in [9.17, 15) is 46.8 Å². The fourth-order valence-electron chi connectivity index (χ4n) is 4.49. The van der Waals surface area contributed by atoms with E-state index in [1.807, 2.05) is 0 Å². The van der Waals surface area contributed by atoms with Gasteiger partial charge in [-0.05, 0) is 37.6 Å². The number of nitrogens with zero attached hydrogens (tertiary/aromatic N) is 3. The highest BCUT2D eigenvalue weighted by Crippen LogP contribution is 2.49. The Bertz CT molecular complexity index is 1330. The Morgan fingerprint density at radius 2 is 1.68 bits per heavy atom. The normalized spacial score (nSPS) is 24.8. The number of alkyl halides is 3. The van der Waals surface area contributed by atoms with Crippen LogP contribution in [0.3, 0.4) is 0 Å². The molecule has 0 saturated carbocycles. The smallest absolute Gasteiger partial charge is 0.394 e. The molecule has 0 aliphatic carbocycles. The fraction of sp³-hybridized carbons (Fsp3) is 0.440. The Hall–Kier alpha value is -2.69. The highest BCUT2D eigenvalue weighted by Gasteiger charge is 2.49. The molecule has 6 atom stereocenters. The van der Waals surface area contributed by atoms with Crippen LogP contribution >= 0.6 is 11.8 Å². The van der Waals surface area contributed by atoms with Gasteiger partial charge in [0.05, 0.1) is 29.2 Å². The first kappa shape index (κ1) is 30.3. The summed E-state index contributed by atoms with van der Waals surface area (Å²) in [5, 5.41) is 49.0. The fourth-order valence-corrected chi connectivity index (χ4v) is 5.97. The van der Waals surface area contributed by atoms with Gasteiger partial charge < -0.3 is 25.2 Å². The van der Waals surface area contributed by atoms with Gasteiger partial charge in [-0.2, -0.15) is 13.2 Å². The van der Waals surface area contributed by atoms with Crippen LogP contribution in [-0.2, 0) is 10.9 Å². The van der Waals surface area contributed by atoms with Crippen molar-refractivity contribution in [3.8, 4) is 11.3 Å². The van der Waals surface area contributed by atoms with E-state index in [-0.39, 0.29) is 16.8 Å². The van der Waals surface area contributed by atoms with Gasteiger partial charge in [0.15, 0.2) is 17.5 Å². The predicted molar refractivity (Wildman–Crippen MR) is 130 cm³/mol. The monoisotopic (exact) mass is 593 g/mol. The zero-order chi connectivity index (χ0) is 29.6. The molecule has 4 N–H and O–H groups in total. The highest BCUT2D eigenvalue weighted by molar-refractivity contribution is 8.00. The van der Waals surface area contributed by atoms with E-state index >= 15 is 0 Å². The molecule has 1 fully saturated rings. The second kappa shape index (κ2) is 11.3. The molecule has 40 heavy (non-hydrogen) atoms. The number of aliphatic hydroxyl groups is 4. The number of hydrogen-bond acceptors (Lipinski definition) is 8. The minimum absolute atomic E-state index is 0.151. The molecule has 2 heterocycles. The molecule has 1 saturated heterocycles. The second-order valence-corrected chi connectivity index (χ2v) is 11.0. The molecule has 1 aliphatic rings. The van der Waals surface area contributed by atoms with Gasteiger partial charge in [-0.1, -0.05) is 23.4 Å². The van der Waals surface area contributed by atoms with Crippen molar-refractivity contribution in [1.29, 1.82) is 0 Å². The molecule has 0 spiro atoms. The minimum atomic E-state index is -4.75. The van der Waals surface area contributed by atoms with E-state index in [1.165, 1.54) is 32.0 Å². The summed E-state index contributed by atoms with van der Waals surface area (Å²) in [4.78, 5) is 0. The van der Waals surface area contributed by atoms with E-state index < -0.39 is 76.4 Å². The van der Waals surface area contributed by atoms with Crippen molar-refractivity contribution in [3.63, 3.8) is 0 Å². The first-order valence-electron chi connectivity index (χ1n) is 11.9. The third-order valence-electron chi connectivity index (χ3n) is 6.40. The van der Waals surface area contributed by atoms with E-state index in [1.54, 1.807) is 0 Å². The average Bonchev–Trinajstić information content (AvgIpc) is 3.35. The lowest BCUT2D eigenvalue weighted by atomic mass is 9.94. The van der Waals surface area contributed by atoms with Crippen molar-refractivity contribution in [1.82, 2.24) is 15.0 Å². The van der Waals surface area contributed by atoms with Gasteiger partial charge in [0, 0.05) is 5.56 Å². The molecule has 1 aromatic heterocycles. The quantitative estimate of drug-likeness (QED) is 0.242. The standard InChI is InChI=1S/C25H25F6N3O5S/c1-24(2,38)22(12-5-3-4-6-13(12)25(29,30)31)40-23-21(37)19(20(36)17(10-35)39-23)34-9-16(32-33-34)11-7-14(26)18(28)15(27)8-11/h3-9,17,19-23,35-38H,10H2,1-2H3/t17-,19+,20+,21-,22?,23+/m1/s1. The van der Waals surface area contributed by atoms with Crippen molar-refractivity contribution in [2.45, 2.75) is 60.7 Å². The summed E-state index contributed by atoms with van der Waals surface area (Å²) >= 11 is 0.646. The summed E-state index contributed by atoms with van der Waals surface area (Å²) < 4.78 is 88.8. The maximum atomic E-state index is 13.8. The zero-order valence-corrected chi connectivity index (χ0v) is 21.7. The van der Waals surface area contributed by atoms with Crippen LogP contribution in [-0.4, -0.2) is 71.4 Å². The van der Waals surface area contributed by atoms with Crippen molar-refractivity contribution in [2.75, 3.05) is 6.61 Å². The van der Waals surface area contributed by atoms with Crippen LogP contribution in [0.1, 0.15) is 36.3 Å². The maximum absolute atomic E-state index is 13.8. The van der Waals surface area contributed by atoms with Gasteiger partial charge in [-0.15, -0.1) is 16.9 Å². The number of benzene rings is 2. The molecule has 8 nitrogen and oxygen atoms in total. The molecule has 2 aromatic carbocycles. The van der Waals surface area contributed by atoms with E-state index in [4.69, 9.17) is 4.74 Å². The Balaban J connectivity index is 1.70. The number of hydrogen-bond donors (Lipinski definition) is 4. The minimum Gasteiger partial charge on any atom is -0.394 e. The Morgan fingerprint density at radius 3 is 2.25 bits per heavy atom. The lowest BCUT2D eigenvalue weighted by Gasteiger charge is -2.44. The number of thioether (sulfide) groups is 1. The predicted octanol–water partition coefficient (Wildman–Crippen LogP) is 3.61. The van der Waals surface area contributed by atoms with Crippen molar-refractivity contribution >= 4 is 11.8 Å². The summed E-state index contributed by atoms with van der Waals surface area (Å²) in [6.45, 7) is 1.81. The first-order chi connectivity index (χ1) is 18.6. The van der Waals surface area contributed by atoms with Crippen molar-refractivity contribution < 1.29 is 51.5 Å². The molecule has 3 aromatic rings. The number of aromatic nitrogens is 3. The summed E-state index contributed by atoms with van der Waals surface area (Å²) in [6.07, 6.45) is -8.30. The van der Waals surface area contributed by atoms with Gasteiger partial charge in [-0.3, -0.25) is 0 Å². The van der Waals surface area contributed by atoms with Crippen molar-refractivity contribution in [3.05, 3.63) is 71.2 Å². The zero-order valence-electron chi connectivity index (χ0n) is 20.9. The Kier molecular flexibility index (Phi) is 8.55. The third kappa shape index (κ3) is 5.99. The molecule has 218 valence electrons. The highest BCUT2D eigenvalue weighted by atomic mass is 32.2. The number of aliphatic hydroxyl groups excluding tert-OH is 3. The van der Waals surface area contributed by atoms with E-state index in [2.05, 4.69) is 10.3 Å². The average molecular weight is 594 g/mol. The van der Waals surface area contributed by atoms with Crippen LogP contribution in [0.15, 0.2) is 42.6 Å². The molecular weight excluding hydrogens is 568 g/mol. The van der Waals surface area contributed by atoms with Crippen LogP contribution in [0, 0.1) is 17.5 Å². The summed E-state index contributed by atoms with van der Waals surface area (Å²) in [7, 11) is 0. The lowest BCUT2D eigenvalue weighted by molar-refractivity contribution is -0.179. The lowest BCUT2D eigenvalue weighted by Crippen LogP contribution is -2.55. The van der Waals surface area contributed by atoms with Crippen LogP contribution in [0.5, 0.6) is 0 Å². The molecular formula is C25H25F6N3O5S. The molecule has 0 bridgehead atoms. The van der Waals surface area contributed by atoms with Crippen molar-refractivity contribution in [2.24, 2.45) is 0 Å². The first-order valence-corrected chi connectivity index (χ1v) is 12.8. The Labute approximate surface area is 228 Å². The van der Waals surface area contributed by atoms with Gasteiger partial charge in [-0.25, -0.2) is 17.9 Å². The van der Waals surface area contributed by atoms with Gasteiger partial charge in [0.25, 0.3) is 0 Å². The molecule has 0 amide bonds. The second-order valence-electron chi connectivity index (χ2n) is 9.79. The topological polar surface area (TPSA) is 121 Å². The number of rotatable bonds is 7. The summed E-state index contributed by atoms with van der Waals surface area (Å²) in [5.41, 5.74) is -4.82.